The second kappa shape index (κ2) is 10.1. The molecule has 2 heterocycles. The molecule has 4 rings (SSSR count). The van der Waals surface area contributed by atoms with Crippen LogP contribution in [0.15, 0.2) is 54.6 Å². The van der Waals surface area contributed by atoms with Crippen molar-refractivity contribution in [2.24, 2.45) is 0 Å². The number of nitrogens with one attached hydrogen (secondary N) is 1. The second-order valence-electron chi connectivity index (χ2n) is 8.36. The molecule has 0 aromatic heterocycles. The van der Waals surface area contributed by atoms with Gasteiger partial charge in [0.15, 0.2) is 0 Å². The summed E-state index contributed by atoms with van der Waals surface area (Å²) in [6.45, 7) is 3.42. The van der Waals surface area contributed by atoms with E-state index in [-0.39, 0.29) is 24.3 Å². The molecule has 0 aliphatic carbocycles. The number of carbonyl (C=O) groups is 2. The van der Waals surface area contributed by atoms with Crippen LogP contribution in [-0.2, 0) is 20.9 Å². The number of likely N-dealkylation sites (tertiary alicyclic amines) is 1. The standard InChI is InChI=1S/C25H31N3O3/c1-31-22-11-14-27(15-12-22)24(29)17-23-25(30)26-13-16-28(23)18-19-7-9-21(10-8-19)20-5-3-2-4-6-20/h2-10,22-23H,11-18H2,1H3,(H,26,30). The van der Waals surface area contributed by atoms with Crippen LogP contribution in [-0.4, -0.2) is 67.0 Å². The Balaban J connectivity index is 1.39. The van der Waals surface area contributed by atoms with E-state index in [1.54, 1.807) is 7.11 Å². The van der Waals surface area contributed by atoms with E-state index in [0.29, 0.717) is 26.2 Å². The number of carbonyl (C=O) groups excluding carboxylic acids is 2. The van der Waals surface area contributed by atoms with Crippen molar-refractivity contribution in [1.29, 1.82) is 0 Å². The fourth-order valence-corrected chi connectivity index (χ4v) is 4.48. The van der Waals surface area contributed by atoms with Gasteiger partial charge in [0.05, 0.1) is 18.6 Å². The van der Waals surface area contributed by atoms with Crippen LogP contribution < -0.4 is 5.32 Å². The van der Waals surface area contributed by atoms with Crippen molar-refractivity contribution in [1.82, 2.24) is 15.1 Å². The Bertz CT molecular complexity index is 877. The molecule has 164 valence electrons. The largest absolute Gasteiger partial charge is 0.381 e. The molecule has 2 amide bonds. The van der Waals surface area contributed by atoms with Crippen LogP contribution in [0.2, 0.25) is 0 Å². The summed E-state index contributed by atoms with van der Waals surface area (Å²) in [5, 5.41) is 2.93. The van der Waals surface area contributed by atoms with Crippen LogP contribution in [0.1, 0.15) is 24.8 Å². The van der Waals surface area contributed by atoms with E-state index in [4.69, 9.17) is 4.74 Å². The zero-order valence-corrected chi connectivity index (χ0v) is 18.1. The van der Waals surface area contributed by atoms with Crippen LogP contribution in [0.3, 0.4) is 0 Å². The van der Waals surface area contributed by atoms with Crippen LogP contribution in [0, 0.1) is 0 Å². The molecule has 2 aromatic carbocycles. The van der Waals surface area contributed by atoms with Gasteiger partial charge in [0.1, 0.15) is 0 Å². The Morgan fingerprint density at radius 1 is 1.00 bits per heavy atom. The predicted octanol–water partition coefficient (Wildman–Crippen LogP) is 2.68. The fourth-order valence-electron chi connectivity index (χ4n) is 4.48. The summed E-state index contributed by atoms with van der Waals surface area (Å²) in [5.74, 6) is 0.00770. The molecule has 1 N–H and O–H groups in total. The van der Waals surface area contributed by atoms with Crippen LogP contribution in [0.5, 0.6) is 0 Å². The predicted molar refractivity (Wildman–Crippen MR) is 120 cm³/mol. The molecule has 6 nitrogen and oxygen atoms in total. The van der Waals surface area contributed by atoms with Gasteiger partial charge in [-0.1, -0.05) is 54.6 Å². The van der Waals surface area contributed by atoms with Crippen molar-refractivity contribution in [3.05, 3.63) is 60.2 Å². The van der Waals surface area contributed by atoms with Crippen molar-refractivity contribution >= 4 is 11.8 Å². The third-order valence-electron chi connectivity index (χ3n) is 6.38. The molecule has 6 heteroatoms. The third kappa shape index (κ3) is 5.32. The zero-order chi connectivity index (χ0) is 21.6. The number of benzene rings is 2. The molecule has 0 radical (unpaired) electrons. The van der Waals surface area contributed by atoms with E-state index in [2.05, 4.69) is 46.6 Å². The van der Waals surface area contributed by atoms with Gasteiger partial charge in [-0.15, -0.1) is 0 Å². The molecule has 2 aliphatic rings. The maximum absolute atomic E-state index is 12.9. The number of nitrogens with zero attached hydrogens (tertiary/aromatic N) is 2. The summed E-state index contributed by atoms with van der Waals surface area (Å²) in [7, 11) is 1.72. The molecular formula is C25H31N3O3. The van der Waals surface area contributed by atoms with E-state index < -0.39 is 6.04 Å². The number of piperidine rings is 1. The van der Waals surface area contributed by atoms with Gasteiger partial charge in [-0.2, -0.15) is 0 Å². The number of rotatable bonds is 6. The van der Waals surface area contributed by atoms with E-state index in [1.807, 2.05) is 23.1 Å². The molecule has 0 spiro atoms. The molecule has 1 atom stereocenters. The number of ether oxygens (including phenoxy) is 1. The van der Waals surface area contributed by atoms with Crippen LogP contribution in [0.25, 0.3) is 11.1 Å². The molecule has 31 heavy (non-hydrogen) atoms. The molecule has 0 bridgehead atoms. The summed E-state index contributed by atoms with van der Waals surface area (Å²) in [6.07, 6.45) is 2.18. The SMILES string of the molecule is COC1CCN(C(=O)CC2C(=O)NCCN2Cc2ccc(-c3ccccc3)cc2)CC1. The Morgan fingerprint density at radius 3 is 2.35 bits per heavy atom. The van der Waals surface area contributed by atoms with Gasteiger partial charge >= 0.3 is 0 Å². The number of piperazine rings is 1. The fraction of sp³-hybridized carbons (Fsp3) is 0.440. The van der Waals surface area contributed by atoms with Gasteiger partial charge < -0.3 is 15.0 Å². The molecule has 2 aromatic rings. The summed E-state index contributed by atoms with van der Waals surface area (Å²) >= 11 is 0. The first-order chi connectivity index (χ1) is 15.1. The van der Waals surface area contributed by atoms with Crippen molar-refractivity contribution in [3.63, 3.8) is 0 Å². The minimum absolute atomic E-state index is 0.0488. The van der Waals surface area contributed by atoms with Gasteiger partial charge in [-0.05, 0) is 29.5 Å². The minimum atomic E-state index is -0.421. The highest BCUT2D eigenvalue weighted by Gasteiger charge is 2.33. The molecule has 1 unspecified atom stereocenters. The topological polar surface area (TPSA) is 61.9 Å². The van der Waals surface area contributed by atoms with Gasteiger partial charge in [-0.25, -0.2) is 0 Å². The van der Waals surface area contributed by atoms with Crippen LogP contribution in [0.4, 0.5) is 0 Å². The smallest absolute Gasteiger partial charge is 0.237 e. The number of methoxy groups -OCH3 is 1. The first kappa shape index (κ1) is 21.5. The highest BCUT2D eigenvalue weighted by atomic mass is 16.5. The molecule has 2 saturated heterocycles. The van der Waals surface area contributed by atoms with E-state index in [9.17, 15) is 9.59 Å². The van der Waals surface area contributed by atoms with E-state index in [1.165, 1.54) is 11.1 Å². The van der Waals surface area contributed by atoms with Gasteiger partial charge in [-0.3, -0.25) is 14.5 Å². The van der Waals surface area contributed by atoms with Gasteiger partial charge in [0.25, 0.3) is 0 Å². The monoisotopic (exact) mass is 421 g/mol. The molecule has 2 aliphatic heterocycles. The molecule has 0 saturated carbocycles. The lowest BCUT2D eigenvalue weighted by atomic mass is 10.0. The van der Waals surface area contributed by atoms with Crippen molar-refractivity contribution in [2.45, 2.75) is 38.0 Å². The maximum atomic E-state index is 12.9. The highest BCUT2D eigenvalue weighted by molar-refractivity contribution is 5.88. The Kier molecular flexibility index (Phi) is 6.99. The summed E-state index contributed by atoms with van der Waals surface area (Å²) < 4.78 is 5.40. The second-order valence-corrected chi connectivity index (χ2v) is 8.36. The van der Waals surface area contributed by atoms with Crippen molar-refractivity contribution in [2.75, 3.05) is 33.3 Å². The highest BCUT2D eigenvalue weighted by Crippen LogP contribution is 2.22. The number of hydrogen-bond acceptors (Lipinski definition) is 4. The number of hydrogen-bond donors (Lipinski definition) is 1. The Hall–Kier alpha value is -2.70. The van der Waals surface area contributed by atoms with E-state index >= 15 is 0 Å². The summed E-state index contributed by atoms with van der Waals surface area (Å²) in [5.41, 5.74) is 3.51. The first-order valence-corrected chi connectivity index (χ1v) is 11.1. The lowest BCUT2D eigenvalue weighted by Gasteiger charge is -2.37. The van der Waals surface area contributed by atoms with E-state index in [0.717, 1.165) is 24.9 Å². The molecular weight excluding hydrogens is 390 g/mol. The normalized spacial score (nSPS) is 20.5. The summed E-state index contributed by atoms with van der Waals surface area (Å²) in [6, 6.07) is 18.3. The Labute approximate surface area is 184 Å². The van der Waals surface area contributed by atoms with Crippen molar-refractivity contribution in [3.8, 4) is 11.1 Å². The zero-order valence-electron chi connectivity index (χ0n) is 18.1. The third-order valence-corrected chi connectivity index (χ3v) is 6.38. The van der Waals surface area contributed by atoms with Gasteiger partial charge in [0, 0.05) is 39.8 Å². The molecule has 2 fully saturated rings. The Morgan fingerprint density at radius 2 is 1.68 bits per heavy atom. The van der Waals surface area contributed by atoms with Crippen molar-refractivity contribution < 1.29 is 14.3 Å². The lowest BCUT2D eigenvalue weighted by molar-refractivity contribution is -0.140. The van der Waals surface area contributed by atoms with Crippen LogP contribution >= 0.6 is 0 Å². The minimum Gasteiger partial charge on any atom is -0.381 e. The quantitative estimate of drug-likeness (QED) is 0.779. The maximum Gasteiger partial charge on any atom is 0.237 e. The number of amides is 2. The average molecular weight is 422 g/mol. The summed E-state index contributed by atoms with van der Waals surface area (Å²) in [4.78, 5) is 29.5. The average Bonchev–Trinajstić information content (AvgIpc) is 2.82. The first-order valence-electron chi connectivity index (χ1n) is 11.1. The van der Waals surface area contributed by atoms with Gasteiger partial charge in [0.2, 0.25) is 11.8 Å². The lowest BCUT2D eigenvalue weighted by Crippen LogP contribution is -2.56.